The summed E-state index contributed by atoms with van der Waals surface area (Å²) in [5.41, 5.74) is 1.01. The van der Waals surface area contributed by atoms with Crippen LogP contribution in [0.1, 0.15) is 6.92 Å². The summed E-state index contributed by atoms with van der Waals surface area (Å²) in [5, 5.41) is 5.78. The molecule has 2 atom stereocenters. The van der Waals surface area contributed by atoms with Crippen LogP contribution in [0.15, 0.2) is 23.9 Å². The summed E-state index contributed by atoms with van der Waals surface area (Å²) in [7, 11) is 0. The molecule has 4 nitrogen and oxygen atoms in total. The van der Waals surface area contributed by atoms with E-state index < -0.39 is 0 Å². The lowest BCUT2D eigenvalue weighted by molar-refractivity contribution is 0.150. The van der Waals surface area contributed by atoms with Crippen LogP contribution in [0.5, 0.6) is 0 Å². The topological polar surface area (TPSA) is 50.4 Å². The van der Waals surface area contributed by atoms with Gasteiger partial charge in [-0.15, -0.1) is 0 Å². The molecule has 0 aromatic heterocycles. The molecule has 0 aromatic carbocycles. The molecule has 0 aliphatic carbocycles. The largest absolute Gasteiger partial charge is 0.439 e. The minimum Gasteiger partial charge on any atom is -0.439 e. The first-order valence-corrected chi connectivity index (χ1v) is 4.34. The van der Waals surface area contributed by atoms with Gasteiger partial charge in [0.2, 0.25) is 0 Å². The molecule has 1 amide bonds. The summed E-state index contributed by atoms with van der Waals surface area (Å²) >= 11 is 0. The average Bonchev–Trinajstić information content (AvgIpc) is 2.47. The molecule has 0 saturated carbocycles. The third-order valence-electron chi connectivity index (χ3n) is 2.18. The van der Waals surface area contributed by atoms with E-state index >= 15 is 0 Å². The fourth-order valence-corrected chi connectivity index (χ4v) is 1.53. The van der Waals surface area contributed by atoms with Crippen LogP contribution >= 0.6 is 0 Å². The van der Waals surface area contributed by atoms with Gasteiger partial charge in [-0.25, -0.2) is 4.79 Å². The second-order valence-corrected chi connectivity index (χ2v) is 3.21. The molecule has 0 bridgehead atoms. The summed E-state index contributed by atoms with van der Waals surface area (Å²) in [6.07, 6.45) is 5.39. The summed E-state index contributed by atoms with van der Waals surface area (Å²) in [5.74, 6) is 0. The summed E-state index contributed by atoms with van der Waals surface area (Å²) in [6, 6.07) is 0.0447. The van der Waals surface area contributed by atoms with Crippen LogP contribution < -0.4 is 10.6 Å². The van der Waals surface area contributed by atoms with Gasteiger partial charge in [0.15, 0.2) is 6.10 Å². The highest BCUT2D eigenvalue weighted by Gasteiger charge is 2.32. The van der Waals surface area contributed by atoms with Crippen molar-refractivity contribution in [1.82, 2.24) is 10.6 Å². The first-order chi connectivity index (χ1) is 6.27. The minimum absolute atomic E-state index is 0.0447. The maximum Gasteiger partial charge on any atom is 0.408 e. The van der Waals surface area contributed by atoms with Crippen molar-refractivity contribution < 1.29 is 9.53 Å². The van der Waals surface area contributed by atoms with Crippen molar-refractivity contribution in [1.29, 1.82) is 0 Å². The maximum absolute atomic E-state index is 10.9. The van der Waals surface area contributed by atoms with Gasteiger partial charge in [0.25, 0.3) is 0 Å². The number of dihydropyridines is 1. The average molecular weight is 180 g/mol. The molecule has 2 rings (SSSR count). The van der Waals surface area contributed by atoms with Crippen molar-refractivity contribution in [3.63, 3.8) is 0 Å². The zero-order chi connectivity index (χ0) is 9.26. The van der Waals surface area contributed by atoms with Gasteiger partial charge in [0.1, 0.15) is 0 Å². The third-order valence-corrected chi connectivity index (χ3v) is 2.18. The predicted octanol–water partition coefficient (Wildman–Crippen LogP) is 0.527. The predicted molar refractivity (Wildman–Crippen MR) is 48.1 cm³/mol. The molecule has 2 aliphatic heterocycles. The Morgan fingerprint density at radius 1 is 1.62 bits per heavy atom. The van der Waals surface area contributed by atoms with E-state index in [-0.39, 0.29) is 18.2 Å². The molecule has 2 unspecified atom stereocenters. The number of nitrogens with one attached hydrogen (secondary N) is 2. The van der Waals surface area contributed by atoms with Gasteiger partial charge in [-0.05, 0) is 6.92 Å². The van der Waals surface area contributed by atoms with E-state index in [0.717, 1.165) is 12.1 Å². The quantitative estimate of drug-likeness (QED) is 0.618. The van der Waals surface area contributed by atoms with Crippen LogP contribution in [0.3, 0.4) is 0 Å². The van der Waals surface area contributed by atoms with Crippen molar-refractivity contribution in [3.8, 4) is 0 Å². The van der Waals surface area contributed by atoms with E-state index in [1.165, 1.54) is 0 Å². The number of amides is 1. The van der Waals surface area contributed by atoms with Crippen molar-refractivity contribution in [2.24, 2.45) is 0 Å². The van der Waals surface area contributed by atoms with Gasteiger partial charge in [0.05, 0.1) is 6.04 Å². The fraction of sp³-hybridized carbons (Fsp3) is 0.444. The first kappa shape index (κ1) is 8.16. The van der Waals surface area contributed by atoms with Crippen LogP contribution in [0.25, 0.3) is 0 Å². The Balaban J connectivity index is 2.12. The van der Waals surface area contributed by atoms with Crippen molar-refractivity contribution >= 4 is 6.09 Å². The molecule has 1 saturated heterocycles. The molecular weight excluding hydrogens is 168 g/mol. The number of ether oxygens (including phenoxy) is 1. The lowest BCUT2D eigenvalue weighted by atomic mass is 10.0. The molecule has 0 spiro atoms. The van der Waals surface area contributed by atoms with Gasteiger partial charge >= 0.3 is 6.09 Å². The summed E-state index contributed by atoms with van der Waals surface area (Å²) in [6.45, 7) is 2.77. The Morgan fingerprint density at radius 3 is 3.00 bits per heavy atom. The number of alkyl carbamates (subject to hydrolysis) is 1. The standard InChI is InChI=1S/C9H12N2O2/c1-6-8(13-9(12)11-6)7-3-2-4-10-5-7/h2-3,5-6,8,10H,4H2,1H3,(H,11,12). The van der Waals surface area contributed by atoms with Gasteiger partial charge < -0.3 is 15.4 Å². The number of carbonyl (C=O) groups excluding carboxylic acids is 1. The van der Waals surface area contributed by atoms with Crippen molar-refractivity contribution in [2.45, 2.75) is 19.1 Å². The van der Waals surface area contributed by atoms with E-state index in [0.29, 0.717) is 0 Å². The summed E-state index contributed by atoms with van der Waals surface area (Å²) < 4.78 is 5.10. The zero-order valence-corrected chi connectivity index (χ0v) is 7.41. The normalized spacial score (nSPS) is 31.8. The molecule has 2 aliphatic rings. The molecule has 70 valence electrons. The van der Waals surface area contributed by atoms with Gasteiger partial charge in [0, 0.05) is 18.3 Å². The molecule has 1 fully saturated rings. The molecule has 2 heterocycles. The number of rotatable bonds is 1. The van der Waals surface area contributed by atoms with Gasteiger partial charge in [-0.2, -0.15) is 0 Å². The lowest BCUT2D eigenvalue weighted by Crippen LogP contribution is -2.30. The van der Waals surface area contributed by atoms with E-state index in [9.17, 15) is 4.79 Å². The Labute approximate surface area is 76.6 Å². The molecule has 2 N–H and O–H groups in total. The SMILES string of the molecule is CC1NC(=O)OC1C1=CNCC=C1. The molecule has 13 heavy (non-hydrogen) atoms. The van der Waals surface area contributed by atoms with Crippen LogP contribution in [-0.2, 0) is 4.74 Å². The maximum atomic E-state index is 10.9. The Morgan fingerprint density at radius 2 is 2.46 bits per heavy atom. The molecule has 4 heteroatoms. The molecule has 0 aromatic rings. The van der Waals surface area contributed by atoms with Crippen molar-refractivity contribution in [2.75, 3.05) is 6.54 Å². The number of cyclic esters (lactones) is 1. The van der Waals surface area contributed by atoms with E-state index in [1.54, 1.807) is 0 Å². The van der Waals surface area contributed by atoms with Crippen molar-refractivity contribution in [3.05, 3.63) is 23.9 Å². The van der Waals surface area contributed by atoms with Crippen LogP contribution in [0.4, 0.5) is 4.79 Å². The van der Waals surface area contributed by atoms with Gasteiger partial charge in [-0.3, -0.25) is 0 Å². The smallest absolute Gasteiger partial charge is 0.408 e. The second-order valence-electron chi connectivity index (χ2n) is 3.21. The summed E-state index contributed by atoms with van der Waals surface area (Å²) in [4.78, 5) is 10.9. The monoisotopic (exact) mass is 180 g/mol. The number of hydrogen-bond acceptors (Lipinski definition) is 3. The van der Waals surface area contributed by atoms with Gasteiger partial charge in [-0.1, -0.05) is 12.2 Å². The molecule has 0 radical (unpaired) electrons. The second kappa shape index (κ2) is 3.12. The van der Waals surface area contributed by atoms with E-state index in [1.807, 2.05) is 25.3 Å². The third kappa shape index (κ3) is 1.52. The highest BCUT2D eigenvalue weighted by atomic mass is 16.6. The number of hydrogen-bond donors (Lipinski definition) is 2. The van der Waals surface area contributed by atoms with Crippen LogP contribution in [0.2, 0.25) is 0 Å². The minimum atomic E-state index is -0.336. The first-order valence-electron chi connectivity index (χ1n) is 4.34. The van der Waals surface area contributed by atoms with E-state index in [4.69, 9.17) is 4.74 Å². The zero-order valence-electron chi connectivity index (χ0n) is 7.41. The lowest BCUT2D eigenvalue weighted by Gasteiger charge is -2.16. The number of carbonyl (C=O) groups is 1. The molecular formula is C9H12N2O2. The highest BCUT2D eigenvalue weighted by Crippen LogP contribution is 2.18. The van der Waals surface area contributed by atoms with Crippen LogP contribution in [-0.4, -0.2) is 24.8 Å². The van der Waals surface area contributed by atoms with Crippen LogP contribution in [0, 0.1) is 0 Å². The highest BCUT2D eigenvalue weighted by molar-refractivity contribution is 5.71. The fourth-order valence-electron chi connectivity index (χ4n) is 1.53. The Kier molecular flexibility index (Phi) is 1.96. The van der Waals surface area contributed by atoms with E-state index in [2.05, 4.69) is 10.6 Å². The Bertz CT molecular complexity index is 283. The Hall–Kier alpha value is -1.45.